The maximum absolute atomic E-state index is 5.80. The lowest BCUT2D eigenvalue weighted by Gasteiger charge is -2.24. The van der Waals surface area contributed by atoms with E-state index in [2.05, 4.69) is 42.2 Å². The van der Waals surface area contributed by atoms with Gasteiger partial charge in [-0.25, -0.2) is 9.97 Å². The average Bonchev–Trinajstić information content (AvgIpc) is 2.72. The number of hydrogen-bond acceptors (Lipinski definition) is 5. The highest BCUT2D eigenvalue weighted by molar-refractivity contribution is 9.10. The topological polar surface area (TPSA) is 50.3 Å². The van der Waals surface area contributed by atoms with Crippen LogP contribution in [0.2, 0.25) is 0 Å². The van der Waals surface area contributed by atoms with Crippen molar-refractivity contribution >= 4 is 33.3 Å². The number of ether oxygens (including phenoxy) is 1. The number of hydrogen-bond donors (Lipinski definition) is 1. The average molecular weight is 349 g/mol. The van der Waals surface area contributed by atoms with Gasteiger partial charge in [0.1, 0.15) is 22.4 Å². The zero-order valence-electron chi connectivity index (χ0n) is 11.8. The second-order valence-electron chi connectivity index (χ2n) is 4.71. The number of anilines is 3. The zero-order chi connectivity index (χ0) is 14.7. The Morgan fingerprint density at radius 3 is 3.05 bits per heavy atom. The standard InChI is InChI=1S/C15H17BrN4O/c1-2-17-14-13(16)15(19-10-18-14)20-8-5-9-21-12-7-4-3-6-11(12)20/h3-4,6-7,10H,2,5,8-9H2,1H3,(H,17,18,19). The molecule has 0 fully saturated rings. The Kier molecular flexibility index (Phi) is 4.24. The summed E-state index contributed by atoms with van der Waals surface area (Å²) >= 11 is 3.63. The van der Waals surface area contributed by atoms with Gasteiger partial charge in [0.25, 0.3) is 0 Å². The molecule has 0 unspecified atom stereocenters. The van der Waals surface area contributed by atoms with Gasteiger partial charge in [0.05, 0.1) is 12.3 Å². The van der Waals surface area contributed by atoms with Crippen LogP contribution in [0.25, 0.3) is 0 Å². The van der Waals surface area contributed by atoms with E-state index in [1.165, 1.54) is 0 Å². The van der Waals surface area contributed by atoms with Gasteiger partial charge >= 0.3 is 0 Å². The molecule has 1 N–H and O–H groups in total. The number of fused-ring (bicyclic) bond motifs is 1. The SMILES string of the molecule is CCNc1ncnc(N2CCCOc3ccccc32)c1Br. The van der Waals surface area contributed by atoms with E-state index < -0.39 is 0 Å². The third-order valence-electron chi connectivity index (χ3n) is 3.31. The molecule has 110 valence electrons. The molecule has 0 spiro atoms. The van der Waals surface area contributed by atoms with E-state index in [0.29, 0.717) is 0 Å². The molecule has 6 heteroatoms. The first-order chi connectivity index (χ1) is 10.3. The Morgan fingerprint density at radius 1 is 1.33 bits per heavy atom. The van der Waals surface area contributed by atoms with Crippen molar-refractivity contribution in [3.63, 3.8) is 0 Å². The number of para-hydroxylation sites is 2. The molecule has 2 heterocycles. The van der Waals surface area contributed by atoms with Crippen LogP contribution in [-0.4, -0.2) is 29.7 Å². The highest BCUT2D eigenvalue weighted by Crippen LogP contribution is 2.39. The van der Waals surface area contributed by atoms with Crippen LogP contribution in [-0.2, 0) is 0 Å². The minimum atomic E-state index is 0.719. The van der Waals surface area contributed by atoms with E-state index >= 15 is 0 Å². The summed E-state index contributed by atoms with van der Waals surface area (Å²) in [6.45, 7) is 4.44. The van der Waals surface area contributed by atoms with Crippen molar-refractivity contribution in [2.45, 2.75) is 13.3 Å². The van der Waals surface area contributed by atoms with E-state index in [1.54, 1.807) is 6.33 Å². The maximum Gasteiger partial charge on any atom is 0.153 e. The van der Waals surface area contributed by atoms with Gasteiger partial charge in [0.15, 0.2) is 5.82 Å². The normalized spacial score (nSPS) is 14.1. The molecule has 21 heavy (non-hydrogen) atoms. The minimum absolute atomic E-state index is 0.719. The van der Waals surface area contributed by atoms with Crippen LogP contribution in [0.15, 0.2) is 35.1 Å². The predicted octanol–water partition coefficient (Wildman–Crippen LogP) is 3.59. The molecule has 0 saturated heterocycles. The summed E-state index contributed by atoms with van der Waals surface area (Å²) in [5.74, 6) is 2.56. The molecule has 0 bridgehead atoms. The lowest BCUT2D eigenvalue weighted by atomic mass is 10.2. The van der Waals surface area contributed by atoms with Crippen molar-refractivity contribution in [2.24, 2.45) is 0 Å². The highest BCUT2D eigenvalue weighted by Gasteiger charge is 2.21. The van der Waals surface area contributed by atoms with Gasteiger partial charge in [-0.2, -0.15) is 0 Å². The largest absolute Gasteiger partial charge is 0.491 e. The number of nitrogens with one attached hydrogen (secondary N) is 1. The molecule has 2 aromatic rings. The van der Waals surface area contributed by atoms with E-state index in [1.807, 2.05) is 25.1 Å². The number of rotatable bonds is 3. The molecule has 0 amide bonds. The molecule has 0 atom stereocenters. The predicted molar refractivity (Wildman–Crippen MR) is 87.5 cm³/mol. The smallest absolute Gasteiger partial charge is 0.153 e. The molecule has 3 rings (SSSR count). The maximum atomic E-state index is 5.80. The van der Waals surface area contributed by atoms with Crippen LogP contribution in [0, 0.1) is 0 Å². The van der Waals surface area contributed by atoms with Crippen LogP contribution in [0.3, 0.4) is 0 Å². The number of benzene rings is 1. The summed E-state index contributed by atoms with van der Waals surface area (Å²) in [5.41, 5.74) is 1.04. The van der Waals surface area contributed by atoms with Crippen molar-refractivity contribution in [1.29, 1.82) is 0 Å². The third-order valence-corrected chi connectivity index (χ3v) is 4.04. The van der Waals surface area contributed by atoms with Crippen molar-refractivity contribution in [1.82, 2.24) is 9.97 Å². The molecule has 1 aromatic heterocycles. The minimum Gasteiger partial charge on any atom is -0.491 e. The van der Waals surface area contributed by atoms with E-state index in [4.69, 9.17) is 4.74 Å². The zero-order valence-corrected chi connectivity index (χ0v) is 13.4. The lowest BCUT2D eigenvalue weighted by molar-refractivity contribution is 0.322. The molecule has 5 nitrogen and oxygen atoms in total. The van der Waals surface area contributed by atoms with Gasteiger partial charge in [-0.3, -0.25) is 0 Å². The summed E-state index contributed by atoms with van der Waals surface area (Å²) in [7, 11) is 0. The van der Waals surface area contributed by atoms with Crippen LogP contribution in [0.1, 0.15) is 13.3 Å². The fourth-order valence-electron chi connectivity index (χ4n) is 2.39. The first kappa shape index (κ1) is 14.1. The van der Waals surface area contributed by atoms with Gasteiger partial charge in [-0.15, -0.1) is 0 Å². The number of aromatic nitrogens is 2. The fourth-order valence-corrected chi connectivity index (χ4v) is 2.95. The van der Waals surface area contributed by atoms with E-state index in [9.17, 15) is 0 Å². The second kappa shape index (κ2) is 6.30. The lowest BCUT2D eigenvalue weighted by Crippen LogP contribution is -2.20. The van der Waals surface area contributed by atoms with Crippen molar-refractivity contribution in [3.8, 4) is 5.75 Å². The third kappa shape index (κ3) is 2.81. The van der Waals surface area contributed by atoms with Crippen molar-refractivity contribution in [3.05, 3.63) is 35.1 Å². The summed E-state index contributed by atoms with van der Waals surface area (Å²) in [4.78, 5) is 10.9. The Labute approximate surface area is 132 Å². The van der Waals surface area contributed by atoms with Crippen LogP contribution >= 0.6 is 15.9 Å². The van der Waals surface area contributed by atoms with Crippen molar-refractivity contribution in [2.75, 3.05) is 29.9 Å². The number of nitrogens with zero attached hydrogens (tertiary/aromatic N) is 3. The van der Waals surface area contributed by atoms with Gasteiger partial charge in [-0.05, 0) is 41.4 Å². The molecule has 1 aliphatic heterocycles. The highest BCUT2D eigenvalue weighted by atomic mass is 79.9. The van der Waals surface area contributed by atoms with Gasteiger partial charge in [-0.1, -0.05) is 12.1 Å². The molecule has 0 aliphatic carbocycles. The monoisotopic (exact) mass is 348 g/mol. The van der Waals surface area contributed by atoms with Gasteiger partial charge in [0.2, 0.25) is 0 Å². The van der Waals surface area contributed by atoms with E-state index in [0.717, 1.165) is 53.7 Å². The second-order valence-corrected chi connectivity index (χ2v) is 5.50. The number of halogens is 1. The molecule has 0 radical (unpaired) electrons. The molecular weight excluding hydrogens is 332 g/mol. The van der Waals surface area contributed by atoms with Crippen LogP contribution < -0.4 is 15.0 Å². The van der Waals surface area contributed by atoms with Crippen LogP contribution in [0.4, 0.5) is 17.3 Å². The Morgan fingerprint density at radius 2 is 2.19 bits per heavy atom. The quantitative estimate of drug-likeness (QED) is 0.918. The summed E-state index contributed by atoms with van der Waals surface area (Å²) in [6, 6.07) is 8.05. The summed E-state index contributed by atoms with van der Waals surface area (Å²) in [5, 5.41) is 3.24. The molecule has 1 aromatic carbocycles. The molecular formula is C15H17BrN4O. The first-order valence-corrected chi connectivity index (χ1v) is 7.84. The summed E-state index contributed by atoms with van der Waals surface area (Å²) < 4.78 is 6.68. The van der Waals surface area contributed by atoms with Crippen molar-refractivity contribution < 1.29 is 4.74 Å². The fraction of sp³-hybridized carbons (Fsp3) is 0.333. The Bertz CT molecular complexity index is 635. The molecule has 1 aliphatic rings. The Hall–Kier alpha value is -1.82. The van der Waals surface area contributed by atoms with Crippen LogP contribution in [0.5, 0.6) is 5.75 Å². The first-order valence-electron chi connectivity index (χ1n) is 7.05. The van der Waals surface area contributed by atoms with Gasteiger partial charge in [0, 0.05) is 13.1 Å². The molecule has 0 saturated carbocycles. The van der Waals surface area contributed by atoms with Gasteiger partial charge < -0.3 is 15.0 Å². The van der Waals surface area contributed by atoms with E-state index in [-0.39, 0.29) is 0 Å². The Balaban J connectivity index is 2.06. The summed E-state index contributed by atoms with van der Waals surface area (Å²) in [6.07, 6.45) is 2.54.